The van der Waals surface area contributed by atoms with E-state index in [1.165, 1.54) is 4.90 Å². The molecule has 1 atom stereocenters. The topological polar surface area (TPSA) is 69.6 Å². The van der Waals surface area contributed by atoms with Gasteiger partial charge in [-0.15, -0.1) is 6.42 Å². The van der Waals surface area contributed by atoms with Gasteiger partial charge >= 0.3 is 12.0 Å². The Morgan fingerprint density at radius 1 is 1.60 bits per heavy atom. The van der Waals surface area contributed by atoms with E-state index in [1.807, 2.05) is 0 Å². The highest BCUT2D eigenvalue weighted by Gasteiger charge is 2.38. The molecular formula is C10H14N2O3. The number of carbonyl (C=O) groups is 2. The van der Waals surface area contributed by atoms with Gasteiger partial charge in [-0.2, -0.15) is 0 Å². The van der Waals surface area contributed by atoms with Crippen molar-refractivity contribution in [2.45, 2.75) is 31.8 Å². The van der Waals surface area contributed by atoms with Crippen molar-refractivity contribution in [3.63, 3.8) is 0 Å². The van der Waals surface area contributed by atoms with Crippen molar-refractivity contribution in [3.05, 3.63) is 0 Å². The van der Waals surface area contributed by atoms with E-state index in [1.54, 1.807) is 13.8 Å². The van der Waals surface area contributed by atoms with E-state index in [-0.39, 0.29) is 0 Å². The van der Waals surface area contributed by atoms with Crippen LogP contribution in [0.15, 0.2) is 0 Å². The average Bonchev–Trinajstić information content (AvgIpc) is 1.99. The molecule has 1 fully saturated rings. The maximum absolute atomic E-state index is 11.6. The smallest absolute Gasteiger partial charge is 0.326 e. The molecule has 0 saturated carbocycles. The Balaban J connectivity index is 2.57. The highest BCUT2D eigenvalue weighted by molar-refractivity contribution is 5.85. The second-order valence-corrected chi connectivity index (χ2v) is 4.04. The van der Waals surface area contributed by atoms with Crippen molar-refractivity contribution in [2.24, 2.45) is 0 Å². The van der Waals surface area contributed by atoms with Crippen LogP contribution in [0.4, 0.5) is 4.79 Å². The molecule has 1 aliphatic rings. The Morgan fingerprint density at radius 2 is 2.20 bits per heavy atom. The van der Waals surface area contributed by atoms with Crippen molar-refractivity contribution < 1.29 is 14.7 Å². The number of likely N-dealkylation sites (tertiary alicyclic amines) is 1. The first-order chi connectivity index (χ1) is 6.87. The molecule has 1 rings (SSSR count). The molecule has 0 aromatic heterocycles. The van der Waals surface area contributed by atoms with Crippen molar-refractivity contribution in [1.82, 2.24) is 10.2 Å². The highest BCUT2D eigenvalue weighted by Crippen LogP contribution is 2.18. The lowest BCUT2D eigenvalue weighted by molar-refractivity contribution is -0.146. The lowest BCUT2D eigenvalue weighted by atomic mass is 10.0. The summed E-state index contributed by atoms with van der Waals surface area (Å²) in [5.41, 5.74) is -0.754. The Labute approximate surface area is 88.4 Å². The number of aliphatic carboxylic acids is 1. The minimum Gasteiger partial charge on any atom is -0.480 e. The molecule has 5 nitrogen and oxygen atoms in total. The van der Waals surface area contributed by atoms with Crippen molar-refractivity contribution in [1.29, 1.82) is 0 Å². The third kappa shape index (κ3) is 2.40. The van der Waals surface area contributed by atoms with E-state index in [0.717, 1.165) is 0 Å². The number of rotatable bonds is 2. The molecule has 1 unspecified atom stereocenters. The number of hydrogen-bond acceptors (Lipinski definition) is 2. The Hall–Kier alpha value is -1.70. The van der Waals surface area contributed by atoms with Crippen LogP contribution in [-0.2, 0) is 4.79 Å². The lowest BCUT2D eigenvalue weighted by Gasteiger charge is -2.39. The van der Waals surface area contributed by atoms with E-state index < -0.39 is 23.6 Å². The number of urea groups is 1. The van der Waals surface area contributed by atoms with E-state index in [0.29, 0.717) is 13.0 Å². The first-order valence-corrected chi connectivity index (χ1v) is 4.67. The average molecular weight is 210 g/mol. The van der Waals surface area contributed by atoms with Gasteiger partial charge in [0.1, 0.15) is 6.04 Å². The Morgan fingerprint density at radius 3 is 2.53 bits per heavy atom. The highest BCUT2D eigenvalue weighted by atomic mass is 16.4. The predicted octanol–water partition coefficient (Wildman–Crippen LogP) is 0.267. The lowest BCUT2D eigenvalue weighted by Crippen LogP contribution is -2.60. The zero-order valence-corrected chi connectivity index (χ0v) is 8.78. The van der Waals surface area contributed by atoms with Gasteiger partial charge in [0.05, 0.1) is 5.54 Å². The number of nitrogens with zero attached hydrogens (tertiary/aromatic N) is 1. The number of carboxylic acids is 1. The number of carboxylic acid groups (broad SMARTS) is 1. The molecule has 1 heterocycles. The number of hydrogen-bond donors (Lipinski definition) is 2. The van der Waals surface area contributed by atoms with E-state index in [9.17, 15) is 9.59 Å². The molecule has 15 heavy (non-hydrogen) atoms. The molecule has 2 amide bonds. The van der Waals surface area contributed by atoms with Crippen LogP contribution < -0.4 is 5.32 Å². The molecule has 0 spiro atoms. The normalized spacial score (nSPS) is 20.1. The summed E-state index contributed by atoms with van der Waals surface area (Å²) in [6.07, 6.45) is 5.71. The van der Waals surface area contributed by atoms with Crippen LogP contribution in [0.5, 0.6) is 0 Å². The summed E-state index contributed by atoms with van der Waals surface area (Å²) < 4.78 is 0. The van der Waals surface area contributed by atoms with Gasteiger partial charge in [-0.1, -0.05) is 5.92 Å². The van der Waals surface area contributed by atoms with Crippen LogP contribution in [-0.4, -0.2) is 40.1 Å². The number of terminal acetylenes is 1. The summed E-state index contributed by atoms with van der Waals surface area (Å²) >= 11 is 0. The van der Waals surface area contributed by atoms with Gasteiger partial charge in [0.15, 0.2) is 0 Å². The monoisotopic (exact) mass is 210 g/mol. The van der Waals surface area contributed by atoms with Gasteiger partial charge in [0, 0.05) is 6.54 Å². The van der Waals surface area contributed by atoms with Crippen LogP contribution in [0.3, 0.4) is 0 Å². The van der Waals surface area contributed by atoms with Gasteiger partial charge in [-0.05, 0) is 20.3 Å². The van der Waals surface area contributed by atoms with Gasteiger partial charge in [-0.3, -0.25) is 0 Å². The van der Waals surface area contributed by atoms with Gasteiger partial charge in [0.2, 0.25) is 0 Å². The minimum atomic E-state index is -0.977. The predicted molar refractivity (Wildman–Crippen MR) is 54.2 cm³/mol. The van der Waals surface area contributed by atoms with E-state index in [4.69, 9.17) is 11.5 Å². The first-order valence-electron chi connectivity index (χ1n) is 4.67. The standard InChI is InChI=1S/C10H14N2O3/c1-4-10(2,3)11-9(15)12-6-5-7(12)8(13)14/h1,7H,5-6H2,2-3H3,(H,11,15)(H,13,14). The SMILES string of the molecule is C#CC(C)(C)NC(=O)N1CCC1C(=O)O. The van der Waals surface area contributed by atoms with Gasteiger partial charge < -0.3 is 15.3 Å². The summed E-state index contributed by atoms with van der Waals surface area (Å²) in [7, 11) is 0. The summed E-state index contributed by atoms with van der Waals surface area (Å²) in [4.78, 5) is 23.5. The Kier molecular flexibility index (Phi) is 2.89. The maximum Gasteiger partial charge on any atom is 0.326 e. The third-order valence-corrected chi connectivity index (χ3v) is 2.35. The largest absolute Gasteiger partial charge is 0.480 e. The zero-order chi connectivity index (χ0) is 11.6. The molecular weight excluding hydrogens is 196 g/mol. The van der Waals surface area contributed by atoms with Crippen molar-refractivity contribution >= 4 is 12.0 Å². The second kappa shape index (κ2) is 3.81. The molecule has 5 heteroatoms. The number of amides is 2. The summed E-state index contributed by atoms with van der Waals surface area (Å²) in [6, 6.07) is -1.13. The summed E-state index contributed by atoms with van der Waals surface area (Å²) in [6.45, 7) is 3.82. The number of carbonyl (C=O) groups excluding carboxylic acids is 1. The quantitative estimate of drug-likeness (QED) is 0.642. The van der Waals surface area contributed by atoms with Crippen molar-refractivity contribution in [3.8, 4) is 12.3 Å². The second-order valence-electron chi connectivity index (χ2n) is 4.04. The fraction of sp³-hybridized carbons (Fsp3) is 0.600. The van der Waals surface area contributed by atoms with Crippen LogP contribution >= 0.6 is 0 Å². The molecule has 82 valence electrons. The molecule has 0 aromatic rings. The third-order valence-electron chi connectivity index (χ3n) is 2.35. The minimum absolute atomic E-state index is 0.420. The fourth-order valence-electron chi connectivity index (χ4n) is 1.26. The first kappa shape index (κ1) is 11.4. The van der Waals surface area contributed by atoms with E-state index >= 15 is 0 Å². The zero-order valence-electron chi connectivity index (χ0n) is 8.78. The molecule has 2 N–H and O–H groups in total. The van der Waals surface area contributed by atoms with Gasteiger partial charge in [-0.25, -0.2) is 9.59 Å². The fourth-order valence-corrected chi connectivity index (χ4v) is 1.26. The van der Waals surface area contributed by atoms with Gasteiger partial charge in [0.25, 0.3) is 0 Å². The van der Waals surface area contributed by atoms with Crippen LogP contribution in [0, 0.1) is 12.3 Å². The summed E-state index contributed by atoms with van der Waals surface area (Å²) in [5.74, 6) is 1.44. The molecule has 0 radical (unpaired) electrons. The Bertz CT molecular complexity index is 330. The van der Waals surface area contributed by atoms with E-state index in [2.05, 4.69) is 11.2 Å². The van der Waals surface area contributed by atoms with Crippen LogP contribution in [0.1, 0.15) is 20.3 Å². The van der Waals surface area contributed by atoms with Crippen LogP contribution in [0.25, 0.3) is 0 Å². The molecule has 0 aliphatic carbocycles. The van der Waals surface area contributed by atoms with Crippen molar-refractivity contribution in [2.75, 3.05) is 6.54 Å². The summed E-state index contributed by atoms with van der Waals surface area (Å²) in [5, 5.41) is 11.3. The molecule has 0 bridgehead atoms. The van der Waals surface area contributed by atoms with Crippen LogP contribution in [0.2, 0.25) is 0 Å². The maximum atomic E-state index is 11.6. The molecule has 1 aliphatic heterocycles. The molecule has 1 saturated heterocycles. The number of nitrogens with one attached hydrogen (secondary N) is 1. The molecule has 0 aromatic carbocycles.